The number of ether oxygens (including phenoxy) is 2. The number of aromatic hydroxyl groups is 1. The van der Waals surface area contributed by atoms with Gasteiger partial charge in [-0.1, -0.05) is 55.8 Å². The highest BCUT2D eigenvalue weighted by molar-refractivity contribution is 6.21. The van der Waals surface area contributed by atoms with Crippen molar-refractivity contribution in [3.63, 3.8) is 0 Å². The van der Waals surface area contributed by atoms with Gasteiger partial charge in [0.25, 0.3) is 0 Å². The van der Waals surface area contributed by atoms with E-state index in [1.165, 1.54) is 6.08 Å². The fourth-order valence-electron chi connectivity index (χ4n) is 4.16. The van der Waals surface area contributed by atoms with Crippen LogP contribution in [0.5, 0.6) is 17.2 Å². The third kappa shape index (κ3) is 5.80. The average molecular weight is 485 g/mol. The molecule has 0 aliphatic carbocycles. The predicted molar refractivity (Wildman–Crippen MR) is 143 cm³/mol. The quantitative estimate of drug-likeness (QED) is 0.250. The second-order valence-corrected chi connectivity index (χ2v) is 9.53. The molecule has 0 amide bonds. The van der Waals surface area contributed by atoms with E-state index in [2.05, 4.69) is 6.92 Å². The summed E-state index contributed by atoms with van der Waals surface area (Å²) in [5, 5.41) is 21.1. The molecular weight excluding hydrogens is 452 g/mol. The zero-order valence-corrected chi connectivity index (χ0v) is 21.0. The molecule has 0 unspecified atom stereocenters. The molecule has 0 saturated heterocycles. The monoisotopic (exact) mass is 484 g/mol. The van der Waals surface area contributed by atoms with Crippen LogP contribution in [0, 0.1) is 0 Å². The van der Waals surface area contributed by atoms with Gasteiger partial charge in [-0.15, -0.1) is 0 Å². The molecule has 0 saturated carbocycles. The summed E-state index contributed by atoms with van der Waals surface area (Å²) in [5.41, 5.74) is 3.03. The number of phenolic OH excluding ortho intramolecular Hbond substituents is 1. The maximum Gasteiger partial charge on any atom is 0.336 e. The van der Waals surface area contributed by atoms with Crippen molar-refractivity contribution < 1.29 is 24.5 Å². The van der Waals surface area contributed by atoms with E-state index in [0.717, 1.165) is 30.4 Å². The lowest BCUT2D eigenvalue weighted by atomic mass is 9.96. The summed E-state index contributed by atoms with van der Waals surface area (Å²) in [4.78, 5) is 12.4. The maximum atomic E-state index is 12.4. The van der Waals surface area contributed by atoms with E-state index in [1.54, 1.807) is 18.2 Å². The van der Waals surface area contributed by atoms with Crippen LogP contribution in [-0.4, -0.2) is 21.8 Å². The number of benzene rings is 3. The van der Waals surface area contributed by atoms with Crippen molar-refractivity contribution in [1.82, 2.24) is 0 Å². The molecule has 3 aromatic rings. The van der Waals surface area contributed by atoms with E-state index in [9.17, 15) is 15.0 Å². The first-order valence-corrected chi connectivity index (χ1v) is 12.3. The highest BCUT2D eigenvalue weighted by Gasteiger charge is 2.25. The molecule has 5 nitrogen and oxygen atoms in total. The Morgan fingerprint density at radius 2 is 1.83 bits per heavy atom. The van der Waals surface area contributed by atoms with Crippen LogP contribution in [0.3, 0.4) is 0 Å². The number of aryl methyl sites for hydroxylation is 1. The van der Waals surface area contributed by atoms with Crippen molar-refractivity contribution in [2.24, 2.45) is 0 Å². The molecule has 2 N–H and O–H groups in total. The van der Waals surface area contributed by atoms with Gasteiger partial charge in [-0.2, -0.15) is 0 Å². The Morgan fingerprint density at radius 1 is 1.06 bits per heavy atom. The average Bonchev–Trinajstić information content (AvgIpc) is 2.86. The van der Waals surface area contributed by atoms with Gasteiger partial charge in [0.2, 0.25) is 0 Å². The van der Waals surface area contributed by atoms with Crippen molar-refractivity contribution in [3.8, 4) is 17.2 Å². The molecule has 0 fully saturated rings. The fraction of sp³-hybridized carbons (Fsp3) is 0.258. The van der Waals surface area contributed by atoms with E-state index in [-0.39, 0.29) is 11.3 Å². The van der Waals surface area contributed by atoms with Crippen LogP contribution in [0.2, 0.25) is 0 Å². The number of carboxylic acid groups (broad SMARTS) is 1. The van der Waals surface area contributed by atoms with Gasteiger partial charge in [0, 0.05) is 11.1 Å². The molecule has 1 aliphatic heterocycles. The summed E-state index contributed by atoms with van der Waals surface area (Å²) >= 11 is 0. The maximum absolute atomic E-state index is 12.4. The van der Waals surface area contributed by atoms with Crippen molar-refractivity contribution in [1.29, 1.82) is 0 Å². The number of fused-ring (bicyclic) bond motifs is 1. The lowest BCUT2D eigenvalue weighted by molar-refractivity contribution is -0.130. The Labute approximate surface area is 212 Å². The molecule has 36 heavy (non-hydrogen) atoms. The summed E-state index contributed by atoms with van der Waals surface area (Å²) < 4.78 is 12.1. The summed E-state index contributed by atoms with van der Waals surface area (Å²) in [6.07, 6.45) is 8.15. The Balaban J connectivity index is 1.74. The van der Waals surface area contributed by atoms with Gasteiger partial charge in [-0.3, -0.25) is 0 Å². The number of hydrogen-bond donors (Lipinski definition) is 2. The number of aliphatic carboxylic acids is 1. The van der Waals surface area contributed by atoms with Crippen LogP contribution < -0.4 is 9.47 Å². The third-order valence-corrected chi connectivity index (χ3v) is 6.16. The highest BCUT2D eigenvalue weighted by atomic mass is 16.5. The van der Waals surface area contributed by atoms with E-state index in [0.29, 0.717) is 34.8 Å². The lowest BCUT2D eigenvalue weighted by Gasteiger charge is -2.28. The number of carboxylic acids is 1. The molecule has 4 rings (SSSR count). The topological polar surface area (TPSA) is 76.0 Å². The molecule has 0 spiro atoms. The van der Waals surface area contributed by atoms with E-state index in [4.69, 9.17) is 9.47 Å². The van der Waals surface area contributed by atoms with Crippen molar-refractivity contribution in [2.75, 3.05) is 0 Å². The van der Waals surface area contributed by atoms with Gasteiger partial charge in [-0.05, 0) is 74.2 Å². The third-order valence-electron chi connectivity index (χ3n) is 6.16. The van der Waals surface area contributed by atoms with E-state index in [1.807, 2.05) is 68.5 Å². The minimum Gasteiger partial charge on any atom is -0.507 e. The Morgan fingerprint density at radius 3 is 2.56 bits per heavy atom. The van der Waals surface area contributed by atoms with Crippen LogP contribution in [0.4, 0.5) is 0 Å². The summed E-state index contributed by atoms with van der Waals surface area (Å²) in [5.74, 6) is -0.0695. The Bertz CT molecular complexity index is 1300. The molecule has 1 aliphatic rings. The first-order chi connectivity index (χ1) is 17.3. The zero-order valence-electron chi connectivity index (χ0n) is 21.0. The van der Waals surface area contributed by atoms with Gasteiger partial charge in [0.1, 0.15) is 29.5 Å². The van der Waals surface area contributed by atoms with Crippen LogP contribution in [0.1, 0.15) is 61.4 Å². The Kier molecular flexibility index (Phi) is 7.49. The van der Waals surface area contributed by atoms with Gasteiger partial charge >= 0.3 is 5.97 Å². The molecular formula is C31H32O5. The zero-order chi connectivity index (χ0) is 25.7. The summed E-state index contributed by atoms with van der Waals surface area (Å²) in [6, 6.07) is 18.9. The standard InChI is InChI=1S/C31H32O5/c1-4-5-9-21-12-14-24(28(18-21)35-20-22-10-7-6-8-11-22)26(30(33)34)19-23-13-15-27-25(29(23)32)16-17-31(2,3)36-27/h6-8,10-19,32H,4-5,9,20H2,1-3H3,(H,33,34). The number of hydrogen-bond acceptors (Lipinski definition) is 4. The van der Waals surface area contributed by atoms with Gasteiger partial charge in [-0.25, -0.2) is 4.79 Å². The molecule has 1 heterocycles. The van der Waals surface area contributed by atoms with Crippen LogP contribution in [-0.2, 0) is 17.8 Å². The van der Waals surface area contributed by atoms with Crippen LogP contribution >= 0.6 is 0 Å². The Hall–Kier alpha value is -3.99. The van der Waals surface area contributed by atoms with Crippen LogP contribution in [0.15, 0.2) is 66.7 Å². The molecule has 0 radical (unpaired) electrons. The van der Waals surface area contributed by atoms with E-state index >= 15 is 0 Å². The van der Waals surface area contributed by atoms with Crippen LogP contribution in [0.25, 0.3) is 17.7 Å². The largest absolute Gasteiger partial charge is 0.507 e. The molecule has 0 atom stereocenters. The fourth-order valence-corrected chi connectivity index (χ4v) is 4.16. The predicted octanol–water partition coefficient (Wildman–Crippen LogP) is 7.12. The molecule has 0 bridgehead atoms. The van der Waals surface area contributed by atoms with Crippen molar-refractivity contribution >= 4 is 23.7 Å². The van der Waals surface area contributed by atoms with Gasteiger partial charge in [0.15, 0.2) is 0 Å². The minimum atomic E-state index is -1.11. The molecule has 186 valence electrons. The van der Waals surface area contributed by atoms with E-state index < -0.39 is 11.6 Å². The molecule has 3 aromatic carbocycles. The molecule has 0 aromatic heterocycles. The second-order valence-electron chi connectivity index (χ2n) is 9.53. The van der Waals surface area contributed by atoms with Gasteiger partial charge < -0.3 is 19.7 Å². The first kappa shape index (κ1) is 25.1. The number of rotatable bonds is 9. The smallest absolute Gasteiger partial charge is 0.336 e. The summed E-state index contributed by atoms with van der Waals surface area (Å²) in [6.45, 7) is 6.32. The number of carbonyl (C=O) groups is 1. The van der Waals surface area contributed by atoms with Crippen molar-refractivity contribution in [3.05, 3.63) is 94.6 Å². The number of phenols is 1. The van der Waals surface area contributed by atoms with Crippen molar-refractivity contribution in [2.45, 2.75) is 52.2 Å². The minimum absolute atomic E-state index is 0.0238. The highest BCUT2D eigenvalue weighted by Crippen LogP contribution is 2.40. The first-order valence-electron chi connectivity index (χ1n) is 12.3. The lowest BCUT2D eigenvalue weighted by Crippen LogP contribution is -2.27. The normalized spacial score (nSPS) is 14.1. The second kappa shape index (κ2) is 10.7. The molecule has 5 heteroatoms. The van der Waals surface area contributed by atoms with Gasteiger partial charge in [0.05, 0.1) is 11.1 Å². The SMILES string of the molecule is CCCCc1ccc(C(=Cc2ccc3c(c2O)C=CC(C)(C)O3)C(=O)O)c(OCc2ccccc2)c1. The summed E-state index contributed by atoms with van der Waals surface area (Å²) in [7, 11) is 0. The number of unbranched alkanes of at least 4 members (excludes halogenated alkanes) is 1.